The number of nitrogens with zero attached hydrogens (tertiary/aromatic N) is 2. The summed E-state index contributed by atoms with van der Waals surface area (Å²) in [6.07, 6.45) is 5.17. The van der Waals surface area contributed by atoms with E-state index in [1.807, 2.05) is 42.5 Å². The Balaban J connectivity index is 1.31. The van der Waals surface area contributed by atoms with E-state index in [9.17, 15) is 4.79 Å². The van der Waals surface area contributed by atoms with Crippen molar-refractivity contribution in [3.63, 3.8) is 0 Å². The van der Waals surface area contributed by atoms with Crippen molar-refractivity contribution in [2.24, 2.45) is 5.92 Å². The number of anilines is 2. The predicted octanol–water partition coefficient (Wildman–Crippen LogP) is 4.79. The van der Waals surface area contributed by atoms with Crippen molar-refractivity contribution < 1.29 is 4.79 Å². The topological polar surface area (TPSA) is 45.2 Å². The van der Waals surface area contributed by atoms with Crippen molar-refractivity contribution >= 4 is 17.4 Å². The number of piperidine rings is 1. The fourth-order valence-electron chi connectivity index (χ4n) is 3.75. The average Bonchev–Trinajstić information content (AvgIpc) is 2.76. The van der Waals surface area contributed by atoms with Gasteiger partial charge < -0.3 is 10.2 Å². The van der Waals surface area contributed by atoms with Gasteiger partial charge in [-0.05, 0) is 55.0 Å². The lowest BCUT2D eigenvalue weighted by Gasteiger charge is -2.33. The zero-order valence-electron chi connectivity index (χ0n) is 15.9. The number of hydrogen-bond donors (Lipinski definition) is 1. The second kappa shape index (κ2) is 8.70. The van der Waals surface area contributed by atoms with E-state index >= 15 is 0 Å². The summed E-state index contributed by atoms with van der Waals surface area (Å²) in [6.45, 7) is 2.03. The number of carbonyl (C=O) groups is 1. The van der Waals surface area contributed by atoms with Crippen LogP contribution in [0.1, 0.15) is 28.8 Å². The van der Waals surface area contributed by atoms with Crippen molar-refractivity contribution in [2.75, 3.05) is 23.3 Å². The summed E-state index contributed by atoms with van der Waals surface area (Å²) >= 11 is 0. The maximum absolute atomic E-state index is 12.4. The van der Waals surface area contributed by atoms with E-state index in [4.69, 9.17) is 0 Å². The predicted molar refractivity (Wildman–Crippen MR) is 114 cm³/mol. The van der Waals surface area contributed by atoms with Crippen molar-refractivity contribution in [3.05, 3.63) is 90.1 Å². The minimum absolute atomic E-state index is 0.133. The Morgan fingerprint density at radius 2 is 1.61 bits per heavy atom. The van der Waals surface area contributed by atoms with Gasteiger partial charge in [-0.3, -0.25) is 4.79 Å². The van der Waals surface area contributed by atoms with Crippen LogP contribution in [0.3, 0.4) is 0 Å². The first-order valence-electron chi connectivity index (χ1n) is 9.89. The Morgan fingerprint density at radius 3 is 2.25 bits per heavy atom. The third kappa shape index (κ3) is 4.58. The van der Waals surface area contributed by atoms with Gasteiger partial charge >= 0.3 is 0 Å². The van der Waals surface area contributed by atoms with Gasteiger partial charge in [0.15, 0.2) is 0 Å². The number of aromatic nitrogens is 1. The Labute approximate surface area is 166 Å². The molecule has 1 amide bonds. The van der Waals surface area contributed by atoms with Crippen LogP contribution in [0.5, 0.6) is 0 Å². The van der Waals surface area contributed by atoms with Gasteiger partial charge in [0.25, 0.3) is 5.91 Å². The van der Waals surface area contributed by atoms with Gasteiger partial charge in [0.1, 0.15) is 5.82 Å². The number of carbonyl (C=O) groups excluding carboxylic acids is 1. The second-order valence-corrected chi connectivity index (χ2v) is 7.35. The molecular weight excluding hydrogens is 346 g/mol. The van der Waals surface area contributed by atoms with Gasteiger partial charge in [-0.25, -0.2) is 4.98 Å². The second-order valence-electron chi connectivity index (χ2n) is 7.35. The lowest BCUT2D eigenvalue weighted by Crippen LogP contribution is -2.34. The molecule has 4 heteroatoms. The van der Waals surface area contributed by atoms with E-state index in [1.165, 1.54) is 18.4 Å². The van der Waals surface area contributed by atoms with Crippen LogP contribution >= 0.6 is 0 Å². The molecule has 142 valence electrons. The summed E-state index contributed by atoms with van der Waals surface area (Å²) in [6, 6.07) is 24.0. The Bertz CT molecular complexity index is 886. The molecule has 1 aliphatic heterocycles. The molecule has 28 heavy (non-hydrogen) atoms. The highest BCUT2D eigenvalue weighted by atomic mass is 16.1. The van der Waals surface area contributed by atoms with Crippen LogP contribution in [0.2, 0.25) is 0 Å². The molecule has 0 bridgehead atoms. The molecule has 1 saturated heterocycles. The maximum Gasteiger partial charge on any atom is 0.257 e. The van der Waals surface area contributed by atoms with E-state index in [0.29, 0.717) is 5.56 Å². The van der Waals surface area contributed by atoms with Crippen LogP contribution in [-0.2, 0) is 6.42 Å². The van der Waals surface area contributed by atoms with Crippen LogP contribution in [0.4, 0.5) is 11.5 Å². The number of nitrogens with one attached hydrogen (secondary N) is 1. The molecule has 0 unspecified atom stereocenters. The van der Waals surface area contributed by atoms with E-state index < -0.39 is 0 Å². The van der Waals surface area contributed by atoms with E-state index in [0.717, 1.165) is 36.9 Å². The van der Waals surface area contributed by atoms with Gasteiger partial charge in [-0.2, -0.15) is 0 Å². The maximum atomic E-state index is 12.4. The number of hydrogen-bond acceptors (Lipinski definition) is 3. The van der Waals surface area contributed by atoms with Crippen molar-refractivity contribution in [3.8, 4) is 0 Å². The molecule has 0 spiro atoms. The smallest absolute Gasteiger partial charge is 0.257 e. The number of pyridine rings is 1. The van der Waals surface area contributed by atoms with Gasteiger partial charge in [0.2, 0.25) is 0 Å². The first-order chi connectivity index (χ1) is 13.8. The highest BCUT2D eigenvalue weighted by Crippen LogP contribution is 2.25. The van der Waals surface area contributed by atoms with E-state index in [1.54, 1.807) is 6.20 Å². The van der Waals surface area contributed by atoms with Crippen LogP contribution in [0.15, 0.2) is 79.0 Å². The monoisotopic (exact) mass is 371 g/mol. The molecule has 4 rings (SSSR count). The zero-order valence-corrected chi connectivity index (χ0v) is 15.9. The minimum atomic E-state index is -0.133. The van der Waals surface area contributed by atoms with Crippen LogP contribution in [0, 0.1) is 5.92 Å². The first kappa shape index (κ1) is 18.2. The van der Waals surface area contributed by atoms with Crippen molar-refractivity contribution in [2.45, 2.75) is 19.3 Å². The number of benzene rings is 2. The first-order valence-corrected chi connectivity index (χ1v) is 9.89. The molecule has 3 aromatic rings. The van der Waals surface area contributed by atoms with E-state index in [-0.39, 0.29) is 5.91 Å². The zero-order chi connectivity index (χ0) is 19.2. The molecule has 2 heterocycles. The molecule has 4 nitrogen and oxygen atoms in total. The quantitative estimate of drug-likeness (QED) is 0.701. The molecule has 2 aromatic carbocycles. The largest absolute Gasteiger partial charge is 0.357 e. The van der Waals surface area contributed by atoms with Gasteiger partial charge in [-0.1, -0.05) is 48.5 Å². The normalized spacial score (nSPS) is 14.6. The molecule has 0 atom stereocenters. The fraction of sp³-hybridized carbons (Fsp3) is 0.250. The number of rotatable bonds is 5. The fourth-order valence-corrected chi connectivity index (χ4v) is 3.75. The highest BCUT2D eigenvalue weighted by Gasteiger charge is 2.20. The van der Waals surface area contributed by atoms with E-state index in [2.05, 4.69) is 45.5 Å². The minimum Gasteiger partial charge on any atom is -0.357 e. The summed E-state index contributed by atoms with van der Waals surface area (Å²) in [7, 11) is 0. The molecule has 0 saturated carbocycles. The standard InChI is InChI=1S/C24H25N3O/c28-24(26-22-9-5-2-6-10-22)21-11-12-23(25-18-21)27-15-13-20(14-16-27)17-19-7-3-1-4-8-19/h1-12,18,20H,13-17H2,(H,26,28). The third-order valence-electron chi connectivity index (χ3n) is 5.35. The summed E-state index contributed by atoms with van der Waals surface area (Å²) in [5.74, 6) is 1.55. The number of amides is 1. The Kier molecular flexibility index (Phi) is 5.66. The molecule has 0 aliphatic carbocycles. The van der Waals surface area contributed by atoms with Crippen LogP contribution in [-0.4, -0.2) is 24.0 Å². The van der Waals surface area contributed by atoms with Gasteiger partial charge in [0, 0.05) is 25.0 Å². The van der Waals surface area contributed by atoms with Crippen LogP contribution < -0.4 is 10.2 Å². The summed E-state index contributed by atoms with van der Waals surface area (Å²) < 4.78 is 0. The van der Waals surface area contributed by atoms with Crippen LogP contribution in [0.25, 0.3) is 0 Å². The number of para-hydroxylation sites is 1. The molecular formula is C24H25N3O. The third-order valence-corrected chi connectivity index (χ3v) is 5.35. The Hall–Kier alpha value is -3.14. The van der Waals surface area contributed by atoms with Gasteiger partial charge in [-0.15, -0.1) is 0 Å². The molecule has 1 fully saturated rings. The molecule has 0 radical (unpaired) electrons. The average molecular weight is 371 g/mol. The molecule has 1 aliphatic rings. The SMILES string of the molecule is O=C(Nc1ccccc1)c1ccc(N2CCC(Cc3ccccc3)CC2)nc1. The van der Waals surface area contributed by atoms with Gasteiger partial charge in [0.05, 0.1) is 5.56 Å². The molecule has 1 N–H and O–H groups in total. The highest BCUT2D eigenvalue weighted by molar-refractivity contribution is 6.04. The lowest BCUT2D eigenvalue weighted by atomic mass is 9.90. The summed E-state index contributed by atoms with van der Waals surface area (Å²) in [4.78, 5) is 19.2. The lowest BCUT2D eigenvalue weighted by molar-refractivity contribution is 0.102. The molecule has 1 aromatic heterocycles. The summed E-state index contributed by atoms with van der Waals surface area (Å²) in [5.41, 5.74) is 2.79. The van der Waals surface area contributed by atoms with Crippen molar-refractivity contribution in [1.82, 2.24) is 4.98 Å². The van der Waals surface area contributed by atoms with Crippen molar-refractivity contribution in [1.29, 1.82) is 0 Å². The Morgan fingerprint density at radius 1 is 0.929 bits per heavy atom. The summed E-state index contributed by atoms with van der Waals surface area (Å²) in [5, 5.41) is 2.89.